The summed E-state index contributed by atoms with van der Waals surface area (Å²) in [6.45, 7) is 1.44. The first-order valence-electron chi connectivity index (χ1n) is 10.3. The van der Waals surface area contributed by atoms with E-state index in [2.05, 4.69) is 21.3 Å². The summed E-state index contributed by atoms with van der Waals surface area (Å²) < 4.78 is 9.63. The third kappa shape index (κ3) is 16.2. The van der Waals surface area contributed by atoms with E-state index in [9.17, 15) is 19.2 Å². The summed E-state index contributed by atoms with van der Waals surface area (Å²) >= 11 is 0. The lowest BCUT2D eigenvalue weighted by atomic mass is 10.2. The maximum Gasteiger partial charge on any atom is 0.407 e. The van der Waals surface area contributed by atoms with E-state index < -0.39 is 6.09 Å². The quantitative estimate of drug-likeness (QED) is 0.221. The van der Waals surface area contributed by atoms with E-state index in [1.165, 1.54) is 7.11 Å². The maximum absolute atomic E-state index is 12.0. The monoisotopic (exact) mass is 425 g/mol. The fraction of sp³-hybridized carbons (Fsp3) is 0.714. The number of rotatable bonds is 16. The van der Waals surface area contributed by atoms with E-state index in [0.29, 0.717) is 51.6 Å². The number of amides is 3. The number of terminal acetylenes is 1. The number of esters is 1. The van der Waals surface area contributed by atoms with Crippen LogP contribution in [0, 0.1) is 12.3 Å². The van der Waals surface area contributed by atoms with Gasteiger partial charge in [-0.15, -0.1) is 6.42 Å². The first kappa shape index (κ1) is 27.2. The fourth-order valence-electron chi connectivity index (χ4n) is 2.50. The number of nitrogens with zero attached hydrogens (tertiary/aromatic N) is 1. The summed E-state index contributed by atoms with van der Waals surface area (Å²) in [5, 5.41) is 5.26. The molecular formula is C21H35N3O6. The molecule has 9 nitrogen and oxygen atoms in total. The van der Waals surface area contributed by atoms with Crippen LogP contribution in [0.3, 0.4) is 0 Å². The van der Waals surface area contributed by atoms with Crippen molar-refractivity contribution in [1.82, 2.24) is 15.5 Å². The van der Waals surface area contributed by atoms with Crippen molar-refractivity contribution < 1.29 is 28.7 Å². The smallest absolute Gasteiger partial charge is 0.407 e. The van der Waals surface area contributed by atoms with E-state index in [1.807, 2.05) is 0 Å². The van der Waals surface area contributed by atoms with Crippen molar-refractivity contribution in [3.8, 4) is 12.3 Å². The van der Waals surface area contributed by atoms with Gasteiger partial charge in [-0.2, -0.15) is 0 Å². The van der Waals surface area contributed by atoms with Crippen LogP contribution in [-0.4, -0.2) is 69.2 Å². The summed E-state index contributed by atoms with van der Waals surface area (Å²) in [7, 11) is 3.05. The Kier molecular flexibility index (Phi) is 16.6. The molecule has 0 saturated carbocycles. The Hall–Kier alpha value is -2.76. The highest BCUT2D eigenvalue weighted by molar-refractivity contribution is 5.76. The molecule has 170 valence electrons. The molecular weight excluding hydrogens is 390 g/mol. The van der Waals surface area contributed by atoms with Gasteiger partial charge < -0.3 is 25.0 Å². The van der Waals surface area contributed by atoms with Gasteiger partial charge in [0.15, 0.2) is 0 Å². The van der Waals surface area contributed by atoms with Crippen LogP contribution < -0.4 is 10.6 Å². The molecule has 0 saturated heterocycles. The van der Waals surface area contributed by atoms with Gasteiger partial charge in [0.05, 0.1) is 20.3 Å². The van der Waals surface area contributed by atoms with Gasteiger partial charge in [-0.25, -0.2) is 4.79 Å². The largest absolute Gasteiger partial charge is 0.469 e. The Labute approximate surface area is 179 Å². The predicted molar refractivity (Wildman–Crippen MR) is 112 cm³/mol. The van der Waals surface area contributed by atoms with Crippen molar-refractivity contribution in [3.63, 3.8) is 0 Å². The van der Waals surface area contributed by atoms with Crippen molar-refractivity contribution >= 4 is 23.9 Å². The highest BCUT2D eigenvalue weighted by atomic mass is 16.5. The van der Waals surface area contributed by atoms with Crippen LogP contribution in [0.1, 0.15) is 57.8 Å². The first-order chi connectivity index (χ1) is 14.4. The number of alkyl carbamates (subject to hydrolysis) is 1. The Balaban J connectivity index is 3.59. The van der Waals surface area contributed by atoms with Crippen LogP contribution in [0.4, 0.5) is 4.79 Å². The highest BCUT2D eigenvalue weighted by Gasteiger charge is 2.09. The van der Waals surface area contributed by atoms with Crippen LogP contribution in [-0.2, 0) is 23.9 Å². The minimum atomic E-state index is -0.487. The Morgan fingerprint density at radius 1 is 0.933 bits per heavy atom. The van der Waals surface area contributed by atoms with Gasteiger partial charge in [-0.1, -0.05) is 12.3 Å². The Bertz CT molecular complexity index is 574. The molecule has 0 unspecified atom stereocenters. The third-order valence-electron chi connectivity index (χ3n) is 4.28. The molecule has 0 heterocycles. The molecule has 0 bridgehead atoms. The zero-order chi connectivity index (χ0) is 22.6. The second-order valence-electron chi connectivity index (χ2n) is 6.81. The molecule has 0 rings (SSSR count). The number of carbonyl (C=O) groups excluding carboxylic acids is 4. The fourth-order valence-corrected chi connectivity index (χ4v) is 2.50. The lowest BCUT2D eigenvalue weighted by molar-refractivity contribution is -0.141. The number of unbranched alkanes of at least 4 members (excludes halogenated alkanes) is 3. The molecule has 0 aromatic rings. The van der Waals surface area contributed by atoms with Crippen LogP contribution in [0.15, 0.2) is 0 Å². The number of hydrogen-bond donors (Lipinski definition) is 2. The minimum Gasteiger partial charge on any atom is -0.469 e. The van der Waals surface area contributed by atoms with Gasteiger partial charge in [0.1, 0.15) is 0 Å². The Morgan fingerprint density at radius 2 is 1.63 bits per heavy atom. The van der Waals surface area contributed by atoms with Crippen molar-refractivity contribution in [1.29, 1.82) is 0 Å². The van der Waals surface area contributed by atoms with E-state index in [0.717, 1.165) is 19.3 Å². The van der Waals surface area contributed by atoms with Gasteiger partial charge >= 0.3 is 12.1 Å². The lowest BCUT2D eigenvalue weighted by Gasteiger charge is -2.17. The summed E-state index contributed by atoms with van der Waals surface area (Å²) in [6.07, 6.45) is 9.78. The second-order valence-corrected chi connectivity index (χ2v) is 6.81. The average molecular weight is 426 g/mol. The third-order valence-corrected chi connectivity index (χ3v) is 4.28. The number of carbonyl (C=O) groups is 4. The summed E-state index contributed by atoms with van der Waals surface area (Å²) in [4.78, 5) is 47.5. The van der Waals surface area contributed by atoms with Crippen LogP contribution in [0.25, 0.3) is 0 Å². The second kappa shape index (κ2) is 18.3. The van der Waals surface area contributed by atoms with Crippen molar-refractivity contribution in [2.24, 2.45) is 0 Å². The van der Waals surface area contributed by atoms with Crippen LogP contribution in [0.2, 0.25) is 0 Å². The number of nitrogens with one attached hydrogen (secondary N) is 2. The van der Waals surface area contributed by atoms with Crippen molar-refractivity contribution in [2.75, 3.05) is 40.4 Å². The van der Waals surface area contributed by atoms with Gasteiger partial charge in [0.25, 0.3) is 0 Å². The molecule has 0 aliphatic rings. The molecule has 0 fully saturated rings. The van der Waals surface area contributed by atoms with E-state index in [1.54, 1.807) is 11.9 Å². The van der Waals surface area contributed by atoms with Gasteiger partial charge in [-0.05, 0) is 32.1 Å². The molecule has 2 N–H and O–H groups in total. The molecule has 30 heavy (non-hydrogen) atoms. The van der Waals surface area contributed by atoms with Crippen LogP contribution >= 0.6 is 0 Å². The summed E-state index contributed by atoms with van der Waals surface area (Å²) in [5.74, 6) is 2.01. The Morgan fingerprint density at radius 3 is 2.33 bits per heavy atom. The summed E-state index contributed by atoms with van der Waals surface area (Å²) in [5.41, 5.74) is 0. The average Bonchev–Trinajstić information content (AvgIpc) is 2.74. The normalized spacial score (nSPS) is 9.90. The van der Waals surface area contributed by atoms with Crippen molar-refractivity contribution in [3.05, 3.63) is 0 Å². The predicted octanol–water partition coefficient (Wildman–Crippen LogP) is 1.60. The topological polar surface area (TPSA) is 114 Å². The van der Waals surface area contributed by atoms with Gasteiger partial charge in [0, 0.05) is 39.4 Å². The molecule has 0 aliphatic carbocycles. The van der Waals surface area contributed by atoms with Crippen LogP contribution in [0.5, 0.6) is 0 Å². The summed E-state index contributed by atoms with van der Waals surface area (Å²) in [6, 6.07) is 0. The zero-order valence-corrected chi connectivity index (χ0v) is 18.2. The maximum atomic E-state index is 12.0. The molecule has 0 aliphatic heterocycles. The molecule has 9 heteroatoms. The molecule has 0 aromatic carbocycles. The molecule has 0 radical (unpaired) electrons. The number of hydrogen-bond acceptors (Lipinski definition) is 6. The molecule has 0 spiro atoms. The zero-order valence-electron chi connectivity index (χ0n) is 18.2. The standard InChI is InChI=1S/C21H35N3O6/c1-4-14-22-18(25)11-6-5-9-15-23-21(28)30-17-10-16-24(2)19(26)12-7-8-13-20(27)29-3/h1H,5-17H2,2-3H3,(H,22,25)(H,23,28). The lowest BCUT2D eigenvalue weighted by Crippen LogP contribution is -2.30. The highest BCUT2D eigenvalue weighted by Crippen LogP contribution is 2.04. The molecule has 0 atom stereocenters. The van der Waals surface area contributed by atoms with Gasteiger partial charge in [0.2, 0.25) is 11.8 Å². The molecule has 0 aromatic heterocycles. The van der Waals surface area contributed by atoms with Gasteiger partial charge in [-0.3, -0.25) is 14.4 Å². The first-order valence-corrected chi connectivity index (χ1v) is 10.3. The minimum absolute atomic E-state index is 0.00251. The molecule has 3 amide bonds. The van der Waals surface area contributed by atoms with E-state index >= 15 is 0 Å². The number of ether oxygens (including phenoxy) is 2. The number of methoxy groups -OCH3 is 1. The SMILES string of the molecule is C#CCNC(=O)CCCCCNC(=O)OCCCN(C)C(=O)CCCCC(=O)OC. The van der Waals surface area contributed by atoms with E-state index in [4.69, 9.17) is 11.2 Å². The van der Waals surface area contributed by atoms with Crippen molar-refractivity contribution in [2.45, 2.75) is 57.8 Å². The van der Waals surface area contributed by atoms with E-state index in [-0.39, 0.29) is 30.9 Å².